The number of carbonyl (C=O) groups is 2. The average Bonchev–Trinajstić information content (AvgIpc) is 1.05. The standard InChI is InChI=1S/C29H33N3.C25H25N3.C23H16FN3O3.C23H19N3O.C22H18FN3.CH4/c1-28(2,3)21-13-11-20(12-14-21)19-26-27(32-25-10-8-7-9-24(25)31-26)30-23-17-15-22(16-18-23)29(4,5)6;1-16-9-7-11-20(18(16)3)15-24-25(27-21-14-8-10-17(2)19(21)4)28-23-13-6-5-12-22(23)26-24;24-16-8-5-14(6-9-16)11-19-22(26-18-4-2-1-3-17(18)25-19)27-23(28)15-7-10-20-21(12-15)30-13-29-20;1-16-11-13-17(14-12-16)15-21-22(25-20-10-6-5-9-19(20)24-21)26-23(27)18-7-3-2-4-8-18;1-15-6-8-16(9-7-15)14-21-22(24-18-12-10-17(23)11-13-18)26-20-5-3-2-4-19(20)25-21;/h7-18H,19H2,1-6H3,(H,30,32);5-14H,15H2,1-4H3,(H,27,28);1-10,12H,11,13H2,(H,26,27,28);2-14H,15H2,1H3,(H,25,26,27);2-13H,14H2,1H3,(H,24,26);1H4. The van der Waals surface area contributed by atoms with Gasteiger partial charge in [0.1, 0.15) is 11.6 Å². The van der Waals surface area contributed by atoms with E-state index in [2.05, 4.69) is 258 Å². The lowest BCUT2D eigenvalue weighted by Crippen LogP contribution is -2.15. The van der Waals surface area contributed by atoms with Crippen LogP contribution in [-0.4, -0.2) is 68.4 Å². The predicted octanol–water partition coefficient (Wildman–Crippen LogP) is 28.9. The molecule has 21 rings (SSSR count). The monoisotopic (exact) mass is 1900 g/mol. The molecule has 0 bridgehead atoms. The number of anilines is 8. The molecule has 21 heteroatoms. The molecule has 15 aromatic carbocycles. The Kier molecular flexibility index (Phi) is 31.4. The normalized spacial score (nSPS) is 11.3. The second-order valence-electron chi connectivity index (χ2n) is 37.6. The first-order chi connectivity index (χ1) is 69.1. The zero-order valence-corrected chi connectivity index (χ0v) is 82.1. The van der Waals surface area contributed by atoms with E-state index < -0.39 is 0 Å². The van der Waals surface area contributed by atoms with Gasteiger partial charge in [-0.1, -0.05) is 266 Å². The molecule has 0 fully saturated rings. The van der Waals surface area contributed by atoms with Crippen molar-refractivity contribution in [3.63, 3.8) is 0 Å². The number of amides is 2. The van der Waals surface area contributed by atoms with Crippen LogP contribution in [0.25, 0.3) is 55.2 Å². The number of rotatable bonds is 20. The number of aryl methyl sites for hydroxylation is 4. The first kappa shape index (κ1) is 99.8. The molecule has 1 aliphatic heterocycles. The number of hydrogen-bond acceptors (Lipinski definition) is 17. The zero-order chi connectivity index (χ0) is 99.7. The summed E-state index contributed by atoms with van der Waals surface area (Å²) < 4.78 is 37.1. The predicted molar refractivity (Wildman–Crippen MR) is 580 cm³/mol. The summed E-state index contributed by atoms with van der Waals surface area (Å²) >= 11 is 0. The number of nitrogens with one attached hydrogen (secondary N) is 5. The smallest absolute Gasteiger partial charge is 0.257 e. The van der Waals surface area contributed by atoms with Gasteiger partial charge in [0.2, 0.25) is 6.79 Å². The summed E-state index contributed by atoms with van der Waals surface area (Å²) in [7, 11) is 0. The molecule has 5 aromatic heterocycles. The van der Waals surface area contributed by atoms with Crippen LogP contribution in [0.3, 0.4) is 0 Å². The largest absolute Gasteiger partial charge is 0.454 e. The summed E-state index contributed by atoms with van der Waals surface area (Å²) in [6.07, 6.45) is 3.14. The molecule has 2 amide bonds. The van der Waals surface area contributed by atoms with E-state index in [1.165, 1.54) is 85.5 Å². The minimum atomic E-state index is -0.335. The second-order valence-corrected chi connectivity index (χ2v) is 37.6. The van der Waals surface area contributed by atoms with Crippen molar-refractivity contribution < 1.29 is 27.8 Å². The molecule has 0 aliphatic carbocycles. The van der Waals surface area contributed by atoms with Gasteiger partial charge in [0.05, 0.1) is 83.6 Å². The number of benzene rings is 15. The maximum atomic E-state index is 13.3. The van der Waals surface area contributed by atoms with Crippen LogP contribution in [-0.2, 0) is 42.9 Å². The number of hydrogen-bond donors (Lipinski definition) is 5. The van der Waals surface area contributed by atoms with E-state index in [-0.39, 0.29) is 48.5 Å². The highest BCUT2D eigenvalue weighted by molar-refractivity contribution is 6.05. The average molecular weight is 1910 g/mol. The van der Waals surface area contributed by atoms with E-state index in [1.54, 1.807) is 54.6 Å². The molecule has 0 saturated heterocycles. The van der Waals surface area contributed by atoms with Crippen LogP contribution in [0.4, 0.5) is 54.9 Å². The molecule has 20 aromatic rings. The molecule has 0 spiro atoms. The maximum Gasteiger partial charge on any atom is 0.257 e. The molecule has 0 radical (unpaired) electrons. The van der Waals surface area contributed by atoms with Crippen LogP contribution in [0, 0.1) is 53.2 Å². The van der Waals surface area contributed by atoms with Gasteiger partial charge in [0.25, 0.3) is 11.8 Å². The highest BCUT2D eigenvalue weighted by Crippen LogP contribution is 2.36. The van der Waals surface area contributed by atoms with Crippen molar-refractivity contribution in [2.45, 2.75) is 133 Å². The van der Waals surface area contributed by atoms with Gasteiger partial charge in [-0.05, 0) is 259 Å². The topological polar surface area (TPSA) is 242 Å². The van der Waals surface area contributed by atoms with Crippen molar-refractivity contribution in [2.75, 3.05) is 33.4 Å². The van der Waals surface area contributed by atoms with Crippen molar-refractivity contribution in [3.8, 4) is 11.5 Å². The highest BCUT2D eigenvalue weighted by Gasteiger charge is 2.24. The highest BCUT2D eigenvalue weighted by atomic mass is 19.1. The maximum absolute atomic E-state index is 13.3. The fourth-order valence-electron chi connectivity index (χ4n) is 16.3. The summed E-state index contributed by atoms with van der Waals surface area (Å²) in [5, 5.41) is 16.2. The minimum absolute atomic E-state index is 0. The first-order valence-electron chi connectivity index (χ1n) is 47.7. The minimum Gasteiger partial charge on any atom is -0.454 e. The number of aromatic nitrogens is 10. The Morgan fingerprint density at radius 1 is 0.292 bits per heavy atom. The van der Waals surface area contributed by atoms with Crippen molar-refractivity contribution in [2.24, 2.45) is 0 Å². The van der Waals surface area contributed by atoms with E-state index in [4.69, 9.17) is 44.4 Å². The van der Waals surface area contributed by atoms with Gasteiger partial charge in [-0.15, -0.1) is 0 Å². The van der Waals surface area contributed by atoms with Crippen molar-refractivity contribution in [3.05, 3.63) is 475 Å². The van der Waals surface area contributed by atoms with Crippen LogP contribution in [0.1, 0.15) is 170 Å². The van der Waals surface area contributed by atoms with Gasteiger partial charge in [-0.3, -0.25) is 9.59 Å². The van der Waals surface area contributed by atoms with Crippen molar-refractivity contribution >= 4 is 113 Å². The summed E-state index contributed by atoms with van der Waals surface area (Å²) in [5.41, 5.74) is 32.4. The third-order valence-electron chi connectivity index (χ3n) is 24.9. The first-order valence-corrected chi connectivity index (χ1v) is 47.7. The Morgan fingerprint density at radius 3 is 1.01 bits per heavy atom. The lowest BCUT2D eigenvalue weighted by molar-refractivity contribution is 0.101. The van der Waals surface area contributed by atoms with Gasteiger partial charge in [0.15, 0.2) is 40.6 Å². The Labute approximate surface area is 839 Å². The van der Waals surface area contributed by atoms with Crippen LogP contribution < -0.4 is 36.1 Å². The molecule has 19 nitrogen and oxygen atoms in total. The molecule has 1 aliphatic rings. The van der Waals surface area contributed by atoms with Crippen LogP contribution >= 0.6 is 0 Å². The zero-order valence-electron chi connectivity index (χ0n) is 82.1. The number of halogens is 2. The molecule has 0 unspecified atom stereocenters. The Bertz CT molecular complexity index is 7670. The van der Waals surface area contributed by atoms with Crippen molar-refractivity contribution in [1.82, 2.24) is 49.8 Å². The van der Waals surface area contributed by atoms with Crippen LogP contribution in [0.15, 0.2) is 352 Å². The van der Waals surface area contributed by atoms with Gasteiger partial charge in [-0.2, -0.15) is 0 Å². The number of nitrogens with zero attached hydrogens (tertiary/aromatic N) is 10. The molecule has 0 saturated carbocycles. The quantitative estimate of drug-likeness (QED) is 0.0476. The van der Waals surface area contributed by atoms with Gasteiger partial charge in [0, 0.05) is 60.3 Å². The molecule has 0 atom stereocenters. The van der Waals surface area contributed by atoms with E-state index in [0.29, 0.717) is 70.6 Å². The molecule has 5 N–H and O–H groups in total. The van der Waals surface area contributed by atoms with E-state index in [9.17, 15) is 18.4 Å². The number of carbonyl (C=O) groups excluding carboxylic acids is 2. The molecule has 144 heavy (non-hydrogen) atoms. The van der Waals surface area contributed by atoms with Crippen molar-refractivity contribution in [1.29, 1.82) is 0 Å². The number of fused-ring (bicyclic) bond motifs is 6. The summed E-state index contributed by atoms with van der Waals surface area (Å²) in [5.74, 6) is 3.23. The van der Waals surface area contributed by atoms with Gasteiger partial charge < -0.3 is 36.1 Å². The molecule has 720 valence electrons. The summed E-state index contributed by atoms with van der Waals surface area (Å²) in [6, 6.07) is 113. The molecular weight excluding hydrogens is 1790 g/mol. The number of ether oxygens (including phenoxy) is 2. The SMILES string of the molecule is C.CC(C)(C)c1ccc(Cc2nc3ccccc3nc2Nc2ccc(C(C)(C)C)cc2)cc1.Cc1ccc(Cc2nc3ccccc3nc2NC(=O)c2ccccc2)cc1.Cc1ccc(Cc2nc3ccccc3nc2Nc2ccc(F)cc2)cc1.Cc1cccc(Cc2nc3ccccc3nc2Nc2cccc(C)c2C)c1C.O=C(Nc1nc2ccccc2nc1Cc1ccc(F)cc1)c1ccc2c(c1)OCO2. The Balaban J connectivity index is 0.000000129. The van der Waals surface area contributed by atoms with Gasteiger partial charge in [-0.25, -0.2) is 58.6 Å². The lowest BCUT2D eigenvalue weighted by atomic mass is 9.86. The van der Waals surface area contributed by atoms with Crippen LogP contribution in [0.5, 0.6) is 11.5 Å². The summed E-state index contributed by atoms with van der Waals surface area (Å²) in [4.78, 5) is 73.5. The van der Waals surface area contributed by atoms with E-state index in [0.717, 1.165) is 125 Å². The van der Waals surface area contributed by atoms with E-state index >= 15 is 0 Å². The lowest BCUT2D eigenvalue weighted by Gasteiger charge is -2.20. The number of para-hydroxylation sites is 10. The molecule has 6 heterocycles. The Hall–Kier alpha value is -17.2. The van der Waals surface area contributed by atoms with Gasteiger partial charge >= 0.3 is 0 Å². The fourth-order valence-corrected chi connectivity index (χ4v) is 16.3. The third kappa shape index (κ3) is 25.7. The Morgan fingerprint density at radius 2 is 0.604 bits per heavy atom. The molecular formula is C123H115F2N15O4. The fraction of sp³-hybridized carbons (Fsp3) is 0.171. The summed E-state index contributed by atoms with van der Waals surface area (Å²) in [6.45, 7) is 26.3. The second kappa shape index (κ2) is 45.4. The van der Waals surface area contributed by atoms with Crippen LogP contribution in [0.2, 0.25) is 0 Å². The van der Waals surface area contributed by atoms with E-state index in [1.807, 2.05) is 140 Å². The third-order valence-corrected chi connectivity index (χ3v) is 24.9.